The first-order valence-corrected chi connectivity index (χ1v) is 6.37. The lowest BCUT2D eigenvalue weighted by atomic mass is 10.0. The predicted octanol–water partition coefficient (Wildman–Crippen LogP) is -0.0957. The first-order chi connectivity index (χ1) is 8.20. The van der Waals surface area contributed by atoms with Crippen LogP contribution in [0.25, 0.3) is 0 Å². The summed E-state index contributed by atoms with van der Waals surface area (Å²) in [5.41, 5.74) is 0. The summed E-state index contributed by atoms with van der Waals surface area (Å²) in [7, 11) is 1.87. The summed E-state index contributed by atoms with van der Waals surface area (Å²) < 4.78 is 0. The van der Waals surface area contributed by atoms with Gasteiger partial charge in [0.2, 0.25) is 5.91 Å². The Bertz CT molecular complexity index is 315. The lowest BCUT2D eigenvalue weighted by Gasteiger charge is -2.32. The number of carbonyl (C=O) groups is 1. The van der Waals surface area contributed by atoms with E-state index in [2.05, 4.69) is 16.1 Å². The van der Waals surface area contributed by atoms with Crippen LogP contribution in [0.15, 0.2) is 0 Å². The molecule has 0 aromatic rings. The van der Waals surface area contributed by atoms with Crippen molar-refractivity contribution in [1.82, 2.24) is 15.1 Å². The third kappa shape index (κ3) is 2.99. The number of terminal acetylenes is 1. The van der Waals surface area contributed by atoms with Gasteiger partial charge in [0.15, 0.2) is 0 Å². The molecule has 2 fully saturated rings. The van der Waals surface area contributed by atoms with Gasteiger partial charge < -0.3 is 10.2 Å². The fourth-order valence-electron chi connectivity index (χ4n) is 2.65. The minimum absolute atomic E-state index is 0.0455. The molecular formula is C13H21N3O. The molecule has 4 heteroatoms. The van der Waals surface area contributed by atoms with Gasteiger partial charge in [0.25, 0.3) is 0 Å². The summed E-state index contributed by atoms with van der Waals surface area (Å²) >= 11 is 0. The van der Waals surface area contributed by atoms with Gasteiger partial charge in [0.05, 0.1) is 12.6 Å². The fourth-order valence-corrected chi connectivity index (χ4v) is 2.65. The van der Waals surface area contributed by atoms with E-state index in [0.717, 1.165) is 45.4 Å². The van der Waals surface area contributed by atoms with E-state index in [4.69, 9.17) is 6.42 Å². The maximum absolute atomic E-state index is 11.8. The zero-order valence-corrected chi connectivity index (χ0v) is 10.5. The van der Waals surface area contributed by atoms with E-state index in [1.54, 1.807) is 0 Å². The Morgan fingerprint density at radius 1 is 1.35 bits per heavy atom. The van der Waals surface area contributed by atoms with Crippen molar-refractivity contribution in [2.24, 2.45) is 0 Å². The Hall–Kier alpha value is -1.05. The number of amides is 1. The molecule has 0 bridgehead atoms. The monoisotopic (exact) mass is 235 g/mol. The molecule has 94 valence electrons. The van der Waals surface area contributed by atoms with Gasteiger partial charge in [-0.3, -0.25) is 9.69 Å². The third-order valence-electron chi connectivity index (χ3n) is 3.77. The molecule has 0 aromatic heterocycles. The molecule has 2 saturated heterocycles. The third-order valence-corrected chi connectivity index (χ3v) is 3.77. The topological polar surface area (TPSA) is 35.6 Å². The number of carbonyl (C=O) groups excluding carboxylic acids is 1. The minimum Gasteiger partial charge on any atom is -0.344 e. The maximum atomic E-state index is 11.8. The van der Waals surface area contributed by atoms with Crippen molar-refractivity contribution in [3.8, 4) is 12.3 Å². The summed E-state index contributed by atoms with van der Waals surface area (Å²) in [6, 6.07) is 0.522. The average Bonchev–Trinajstić information content (AvgIpc) is 2.64. The maximum Gasteiger partial charge on any atom is 0.239 e. The van der Waals surface area contributed by atoms with Crippen LogP contribution in [0, 0.1) is 12.3 Å². The fraction of sp³-hybridized carbons (Fsp3) is 0.769. The molecule has 2 aliphatic rings. The Labute approximate surface area is 103 Å². The molecular weight excluding hydrogens is 214 g/mol. The van der Waals surface area contributed by atoms with Crippen molar-refractivity contribution in [2.75, 3.05) is 33.2 Å². The van der Waals surface area contributed by atoms with Crippen molar-refractivity contribution >= 4 is 5.91 Å². The Morgan fingerprint density at radius 2 is 2.06 bits per heavy atom. The van der Waals surface area contributed by atoms with Crippen LogP contribution in [0.1, 0.15) is 19.3 Å². The standard InChI is InChI=1S/C13H21N3O/c1-3-7-16-9-4-11(5-10-16)14-12-6-8-15(2)13(12)17/h1,11-12,14H,4-10H2,2H3. The van der Waals surface area contributed by atoms with Crippen LogP contribution >= 0.6 is 0 Å². The molecule has 1 N–H and O–H groups in total. The molecule has 1 amide bonds. The van der Waals surface area contributed by atoms with Gasteiger partial charge >= 0.3 is 0 Å². The highest BCUT2D eigenvalue weighted by Gasteiger charge is 2.31. The summed E-state index contributed by atoms with van der Waals surface area (Å²) in [5, 5.41) is 3.49. The van der Waals surface area contributed by atoms with Crippen molar-refractivity contribution in [3.05, 3.63) is 0 Å². The van der Waals surface area contributed by atoms with Crippen molar-refractivity contribution in [3.63, 3.8) is 0 Å². The largest absolute Gasteiger partial charge is 0.344 e. The highest BCUT2D eigenvalue weighted by molar-refractivity contribution is 5.83. The number of hydrogen-bond acceptors (Lipinski definition) is 3. The number of nitrogens with one attached hydrogen (secondary N) is 1. The second kappa shape index (κ2) is 5.52. The molecule has 0 spiro atoms. The molecule has 1 unspecified atom stereocenters. The lowest BCUT2D eigenvalue weighted by molar-refractivity contribution is -0.128. The van der Waals surface area contributed by atoms with Gasteiger partial charge in [-0.2, -0.15) is 0 Å². The Kier molecular flexibility index (Phi) is 4.03. The smallest absolute Gasteiger partial charge is 0.239 e. The molecule has 2 rings (SSSR count). The molecule has 0 aliphatic carbocycles. The molecule has 17 heavy (non-hydrogen) atoms. The second-order valence-electron chi connectivity index (χ2n) is 5.02. The lowest BCUT2D eigenvalue weighted by Crippen LogP contribution is -2.48. The van der Waals surface area contributed by atoms with Crippen molar-refractivity contribution < 1.29 is 4.79 Å². The van der Waals surface area contributed by atoms with Gasteiger partial charge in [-0.25, -0.2) is 0 Å². The highest BCUT2D eigenvalue weighted by atomic mass is 16.2. The second-order valence-corrected chi connectivity index (χ2v) is 5.02. The molecule has 0 radical (unpaired) electrons. The van der Waals surface area contributed by atoms with E-state index in [0.29, 0.717) is 6.04 Å². The molecule has 1 atom stereocenters. The van der Waals surface area contributed by atoms with E-state index in [1.165, 1.54) is 0 Å². The average molecular weight is 235 g/mol. The van der Waals surface area contributed by atoms with Crippen LogP contribution in [-0.2, 0) is 4.79 Å². The van der Waals surface area contributed by atoms with Crippen molar-refractivity contribution in [2.45, 2.75) is 31.3 Å². The van der Waals surface area contributed by atoms with Crippen LogP contribution in [0.4, 0.5) is 0 Å². The number of rotatable bonds is 3. The molecule has 0 aromatic carbocycles. The molecule has 4 nitrogen and oxygen atoms in total. The summed E-state index contributed by atoms with van der Waals surface area (Å²) in [6.45, 7) is 3.71. The quantitative estimate of drug-likeness (QED) is 0.694. The molecule has 2 heterocycles. The van der Waals surface area contributed by atoms with Crippen molar-refractivity contribution in [1.29, 1.82) is 0 Å². The zero-order chi connectivity index (χ0) is 12.3. The van der Waals surface area contributed by atoms with Gasteiger partial charge in [0.1, 0.15) is 0 Å². The number of piperidine rings is 1. The number of likely N-dealkylation sites (tertiary alicyclic amines) is 2. The van der Waals surface area contributed by atoms with Gasteiger partial charge in [0, 0.05) is 32.7 Å². The zero-order valence-electron chi connectivity index (χ0n) is 10.5. The SMILES string of the molecule is C#CCN1CCC(NC2CCN(C)C2=O)CC1. The molecule has 0 saturated carbocycles. The van der Waals surface area contributed by atoms with Crippen LogP contribution < -0.4 is 5.32 Å². The minimum atomic E-state index is 0.0455. The molecule has 2 aliphatic heterocycles. The van der Waals surface area contributed by atoms with Crippen LogP contribution in [0.5, 0.6) is 0 Å². The summed E-state index contributed by atoms with van der Waals surface area (Å²) in [4.78, 5) is 15.9. The summed E-state index contributed by atoms with van der Waals surface area (Å²) in [6.07, 6.45) is 8.43. The van der Waals surface area contributed by atoms with Crippen LogP contribution in [0.3, 0.4) is 0 Å². The normalized spacial score (nSPS) is 27.4. The van der Waals surface area contributed by atoms with E-state index in [1.807, 2.05) is 11.9 Å². The first-order valence-electron chi connectivity index (χ1n) is 6.37. The highest BCUT2D eigenvalue weighted by Crippen LogP contribution is 2.14. The predicted molar refractivity (Wildman–Crippen MR) is 67.5 cm³/mol. The Morgan fingerprint density at radius 3 is 2.59 bits per heavy atom. The van der Waals surface area contributed by atoms with Gasteiger partial charge in [-0.1, -0.05) is 5.92 Å². The number of hydrogen-bond donors (Lipinski definition) is 1. The van der Waals surface area contributed by atoms with Crippen LogP contribution in [-0.4, -0.2) is 61.0 Å². The number of nitrogens with zero attached hydrogens (tertiary/aromatic N) is 2. The van der Waals surface area contributed by atoms with E-state index < -0.39 is 0 Å². The van der Waals surface area contributed by atoms with Crippen LogP contribution in [0.2, 0.25) is 0 Å². The van der Waals surface area contributed by atoms with Gasteiger partial charge in [-0.05, 0) is 19.3 Å². The Balaban J connectivity index is 1.75. The van der Waals surface area contributed by atoms with E-state index in [9.17, 15) is 4.79 Å². The summed E-state index contributed by atoms with van der Waals surface area (Å²) in [5.74, 6) is 2.93. The van der Waals surface area contributed by atoms with E-state index in [-0.39, 0.29) is 11.9 Å². The number of likely N-dealkylation sites (N-methyl/N-ethyl adjacent to an activating group) is 1. The van der Waals surface area contributed by atoms with Gasteiger partial charge in [-0.15, -0.1) is 6.42 Å². The first kappa shape index (κ1) is 12.4. The van der Waals surface area contributed by atoms with E-state index >= 15 is 0 Å².